The zero-order valence-corrected chi connectivity index (χ0v) is 14.3. The van der Waals surface area contributed by atoms with Gasteiger partial charge in [-0.1, -0.05) is 18.2 Å². The van der Waals surface area contributed by atoms with E-state index in [1.807, 2.05) is 12.1 Å². The molecule has 0 saturated heterocycles. The molecular formula is C18H16N6O3. The van der Waals surface area contributed by atoms with Gasteiger partial charge in [-0.05, 0) is 18.2 Å². The molecule has 0 aliphatic rings. The van der Waals surface area contributed by atoms with Crippen molar-refractivity contribution in [3.05, 3.63) is 71.4 Å². The molecule has 136 valence electrons. The minimum atomic E-state index is -0.468. The first-order valence-electron chi connectivity index (χ1n) is 8.36. The van der Waals surface area contributed by atoms with Crippen molar-refractivity contribution >= 4 is 17.0 Å². The van der Waals surface area contributed by atoms with E-state index in [9.17, 15) is 9.59 Å². The van der Waals surface area contributed by atoms with Crippen molar-refractivity contribution < 1.29 is 9.21 Å². The molecule has 0 radical (unpaired) electrons. The minimum absolute atomic E-state index is 0.155. The molecule has 1 N–H and O–H groups in total. The van der Waals surface area contributed by atoms with Crippen LogP contribution in [0, 0.1) is 0 Å². The molecule has 0 atom stereocenters. The first kappa shape index (κ1) is 16.7. The maximum absolute atomic E-state index is 12.2. The molecule has 0 fully saturated rings. The van der Waals surface area contributed by atoms with Crippen LogP contribution in [0.1, 0.15) is 12.0 Å². The van der Waals surface area contributed by atoms with E-state index in [1.165, 1.54) is 10.9 Å². The molecule has 1 aromatic carbocycles. The van der Waals surface area contributed by atoms with Crippen LogP contribution in [-0.4, -0.2) is 30.2 Å². The lowest BCUT2D eigenvalue weighted by atomic mass is 10.2. The number of aromatic nitrogens is 5. The predicted octanol–water partition coefficient (Wildman–Crippen LogP) is 1.28. The Morgan fingerprint density at radius 2 is 2.07 bits per heavy atom. The number of hydrogen-bond donors (Lipinski definition) is 1. The van der Waals surface area contributed by atoms with Crippen LogP contribution in [0.2, 0.25) is 0 Å². The molecule has 27 heavy (non-hydrogen) atoms. The molecule has 0 bridgehead atoms. The lowest BCUT2D eigenvalue weighted by molar-refractivity contribution is -0.121. The fourth-order valence-corrected chi connectivity index (χ4v) is 2.81. The molecule has 4 rings (SSSR count). The van der Waals surface area contributed by atoms with Gasteiger partial charge in [0, 0.05) is 31.3 Å². The van der Waals surface area contributed by atoms with Crippen LogP contribution in [0.15, 0.2) is 64.5 Å². The van der Waals surface area contributed by atoms with Crippen LogP contribution in [0.25, 0.3) is 16.9 Å². The van der Waals surface area contributed by atoms with Crippen LogP contribution < -0.4 is 11.1 Å². The summed E-state index contributed by atoms with van der Waals surface area (Å²) in [5.74, 6) is -0.0438. The van der Waals surface area contributed by atoms with E-state index in [4.69, 9.17) is 4.42 Å². The molecule has 0 saturated carbocycles. The van der Waals surface area contributed by atoms with Crippen molar-refractivity contribution in [2.45, 2.75) is 19.5 Å². The van der Waals surface area contributed by atoms with Gasteiger partial charge >= 0.3 is 5.76 Å². The number of carbonyl (C=O) groups excluding carboxylic acids is 1. The Morgan fingerprint density at radius 3 is 2.93 bits per heavy atom. The fraction of sp³-hybridized carbons (Fsp3) is 0.167. The third-order valence-corrected chi connectivity index (χ3v) is 4.12. The van der Waals surface area contributed by atoms with Crippen molar-refractivity contribution in [1.82, 2.24) is 29.6 Å². The Bertz CT molecular complexity index is 1130. The second-order valence-corrected chi connectivity index (χ2v) is 5.84. The van der Waals surface area contributed by atoms with Crippen molar-refractivity contribution in [2.75, 3.05) is 0 Å². The Labute approximate surface area is 153 Å². The first-order chi connectivity index (χ1) is 13.2. The van der Waals surface area contributed by atoms with Gasteiger partial charge in [-0.15, -0.1) is 0 Å². The zero-order chi connectivity index (χ0) is 18.6. The van der Waals surface area contributed by atoms with Crippen molar-refractivity contribution in [1.29, 1.82) is 0 Å². The fourth-order valence-electron chi connectivity index (χ4n) is 2.81. The lowest BCUT2D eigenvalue weighted by Gasteiger charge is -2.09. The summed E-state index contributed by atoms with van der Waals surface area (Å²) in [7, 11) is 0. The van der Waals surface area contributed by atoms with Gasteiger partial charge < -0.3 is 9.73 Å². The van der Waals surface area contributed by atoms with E-state index in [1.54, 1.807) is 41.5 Å². The summed E-state index contributed by atoms with van der Waals surface area (Å²) in [6, 6.07) is 10.8. The number of nitrogens with zero attached hydrogens (tertiary/aromatic N) is 5. The van der Waals surface area contributed by atoms with Gasteiger partial charge in [0.15, 0.2) is 11.4 Å². The zero-order valence-electron chi connectivity index (χ0n) is 14.3. The topological polar surface area (TPSA) is 108 Å². The van der Waals surface area contributed by atoms with Crippen molar-refractivity contribution in [3.8, 4) is 5.82 Å². The van der Waals surface area contributed by atoms with E-state index < -0.39 is 5.76 Å². The van der Waals surface area contributed by atoms with E-state index in [0.717, 1.165) is 5.56 Å². The monoisotopic (exact) mass is 364 g/mol. The summed E-state index contributed by atoms with van der Waals surface area (Å²) in [6.45, 7) is 0.535. The highest BCUT2D eigenvalue weighted by Gasteiger charge is 2.11. The Hall–Kier alpha value is -3.75. The van der Waals surface area contributed by atoms with Gasteiger partial charge in [-0.25, -0.2) is 19.4 Å². The molecular weight excluding hydrogens is 348 g/mol. The summed E-state index contributed by atoms with van der Waals surface area (Å²) in [5.41, 5.74) is 1.99. The number of rotatable bonds is 6. The van der Waals surface area contributed by atoms with Gasteiger partial charge in [-0.2, -0.15) is 5.10 Å². The quantitative estimate of drug-likeness (QED) is 0.552. The van der Waals surface area contributed by atoms with Crippen LogP contribution >= 0.6 is 0 Å². The van der Waals surface area contributed by atoms with E-state index in [2.05, 4.69) is 20.4 Å². The third-order valence-electron chi connectivity index (χ3n) is 4.12. The second-order valence-electron chi connectivity index (χ2n) is 5.84. The number of hydrogen-bond acceptors (Lipinski definition) is 6. The largest absolute Gasteiger partial charge is 0.419 e. The van der Waals surface area contributed by atoms with Gasteiger partial charge in [0.2, 0.25) is 5.91 Å². The summed E-state index contributed by atoms with van der Waals surface area (Å²) in [6.07, 6.45) is 4.77. The van der Waals surface area contributed by atoms with Gasteiger partial charge in [0.1, 0.15) is 12.7 Å². The summed E-state index contributed by atoms with van der Waals surface area (Å²) >= 11 is 0. The number of benzene rings is 1. The highest BCUT2D eigenvalue weighted by Crippen LogP contribution is 2.12. The number of oxazole rings is 1. The maximum Gasteiger partial charge on any atom is 0.419 e. The number of aryl methyl sites for hydroxylation is 1. The number of nitrogens with one attached hydrogen (secondary N) is 1. The van der Waals surface area contributed by atoms with Gasteiger partial charge in [0.25, 0.3) is 0 Å². The number of amides is 1. The van der Waals surface area contributed by atoms with Crippen LogP contribution in [0.5, 0.6) is 0 Å². The average molecular weight is 364 g/mol. The van der Waals surface area contributed by atoms with Crippen molar-refractivity contribution in [2.24, 2.45) is 0 Å². The highest BCUT2D eigenvalue weighted by molar-refractivity contribution is 5.76. The molecule has 9 heteroatoms. The molecule has 4 aromatic rings. The molecule has 0 spiro atoms. The van der Waals surface area contributed by atoms with Crippen LogP contribution in [-0.2, 0) is 17.9 Å². The van der Waals surface area contributed by atoms with Crippen molar-refractivity contribution in [3.63, 3.8) is 0 Å². The number of pyridine rings is 1. The number of para-hydroxylation sites is 2. The highest BCUT2D eigenvalue weighted by atomic mass is 16.4. The van der Waals surface area contributed by atoms with E-state index in [0.29, 0.717) is 23.5 Å². The van der Waals surface area contributed by atoms with E-state index in [-0.39, 0.29) is 18.9 Å². The van der Waals surface area contributed by atoms with Gasteiger partial charge in [-0.3, -0.25) is 9.36 Å². The second kappa shape index (κ2) is 7.24. The SMILES string of the molecule is O=C(CCn1c(=O)oc2ccccc21)NCc1cccnc1-n1cncn1. The molecule has 0 unspecified atom stereocenters. The number of carbonyl (C=O) groups is 1. The Balaban J connectivity index is 1.41. The smallest absolute Gasteiger partial charge is 0.408 e. The third kappa shape index (κ3) is 3.47. The normalized spacial score (nSPS) is 11.0. The lowest BCUT2D eigenvalue weighted by Crippen LogP contribution is -2.26. The summed E-state index contributed by atoms with van der Waals surface area (Å²) in [5, 5.41) is 6.91. The van der Waals surface area contributed by atoms with E-state index >= 15 is 0 Å². The molecule has 3 aromatic heterocycles. The van der Waals surface area contributed by atoms with Crippen LogP contribution in [0.3, 0.4) is 0 Å². The average Bonchev–Trinajstić information content (AvgIpc) is 3.32. The molecule has 0 aliphatic heterocycles. The molecule has 0 aliphatic carbocycles. The molecule has 9 nitrogen and oxygen atoms in total. The maximum atomic E-state index is 12.2. The Morgan fingerprint density at radius 1 is 1.19 bits per heavy atom. The molecule has 3 heterocycles. The van der Waals surface area contributed by atoms with Gasteiger partial charge in [0.05, 0.1) is 5.52 Å². The number of fused-ring (bicyclic) bond motifs is 1. The Kier molecular flexibility index (Phi) is 4.48. The minimum Gasteiger partial charge on any atom is -0.408 e. The summed E-state index contributed by atoms with van der Waals surface area (Å²) in [4.78, 5) is 32.4. The predicted molar refractivity (Wildman–Crippen MR) is 96.1 cm³/mol. The first-order valence-corrected chi connectivity index (χ1v) is 8.36. The summed E-state index contributed by atoms with van der Waals surface area (Å²) < 4.78 is 8.17. The van der Waals surface area contributed by atoms with Crippen LogP contribution in [0.4, 0.5) is 0 Å². The standard InChI is InChI=1S/C18H16N6O3/c25-16(7-9-23-14-5-1-2-6-15(14)27-18(23)26)21-10-13-4-3-8-20-17(13)24-12-19-11-22-24/h1-6,8,11-12H,7,9-10H2,(H,21,25). The molecule has 1 amide bonds.